The molecule has 0 bridgehead atoms. The molecule has 0 radical (unpaired) electrons. The van der Waals surface area contributed by atoms with E-state index in [2.05, 4.69) is 10.0 Å². The van der Waals surface area contributed by atoms with Gasteiger partial charge in [0.25, 0.3) is 5.91 Å². The maximum atomic E-state index is 12.1. The minimum atomic E-state index is -3.47. The van der Waals surface area contributed by atoms with Crippen molar-refractivity contribution in [1.29, 1.82) is 0 Å². The van der Waals surface area contributed by atoms with Crippen LogP contribution in [0.25, 0.3) is 0 Å². The number of nitrogens with one attached hydrogen (secondary N) is 2. The van der Waals surface area contributed by atoms with E-state index in [1.54, 1.807) is 18.2 Å². The third kappa shape index (κ3) is 4.68. The molecule has 0 saturated carbocycles. The van der Waals surface area contributed by atoms with Gasteiger partial charge in [0.15, 0.2) is 0 Å². The Kier molecular flexibility index (Phi) is 5.64. The fourth-order valence-electron chi connectivity index (χ4n) is 1.87. The topological polar surface area (TPSA) is 75.3 Å². The quantitative estimate of drug-likeness (QED) is 0.846. The van der Waals surface area contributed by atoms with Gasteiger partial charge in [0, 0.05) is 22.2 Å². The largest absolute Gasteiger partial charge is 0.348 e. The predicted molar refractivity (Wildman–Crippen MR) is 90.3 cm³/mol. The zero-order valence-electron chi connectivity index (χ0n) is 12.1. The molecule has 2 aromatic carbocycles. The van der Waals surface area contributed by atoms with Crippen molar-refractivity contribution in [2.45, 2.75) is 11.4 Å². The molecule has 0 aliphatic heterocycles. The van der Waals surface area contributed by atoms with Gasteiger partial charge in [-0.1, -0.05) is 35.3 Å². The van der Waals surface area contributed by atoms with Crippen LogP contribution in [0, 0.1) is 0 Å². The van der Waals surface area contributed by atoms with Crippen molar-refractivity contribution in [2.75, 3.05) is 7.05 Å². The van der Waals surface area contributed by atoms with Crippen molar-refractivity contribution in [3.63, 3.8) is 0 Å². The molecule has 0 atom stereocenters. The first-order valence-electron chi connectivity index (χ1n) is 6.58. The molecule has 2 N–H and O–H groups in total. The van der Waals surface area contributed by atoms with Crippen molar-refractivity contribution in [2.24, 2.45) is 0 Å². The van der Waals surface area contributed by atoms with E-state index in [0.717, 1.165) is 5.56 Å². The number of rotatable bonds is 5. The van der Waals surface area contributed by atoms with Gasteiger partial charge in [-0.15, -0.1) is 0 Å². The van der Waals surface area contributed by atoms with Gasteiger partial charge in [0.2, 0.25) is 10.0 Å². The first-order valence-corrected chi connectivity index (χ1v) is 8.82. The van der Waals surface area contributed by atoms with Gasteiger partial charge in [-0.05, 0) is 42.9 Å². The van der Waals surface area contributed by atoms with Gasteiger partial charge in [-0.2, -0.15) is 0 Å². The first-order chi connectivity index (χ1) is 10.8. The van der Waals surface area contributed by atoms with E-state index >= 15 is 0 Å². The van der Waals surface area contributed by atoms with Crippen molar-refractivity contribution >= 4 is 39.1 Å². The van der Waals surface area contributed by atoms with Crippen LogP contribution < -0.4 is 10.0 Å². The molecule has 5 nitrogen and oxygen atoms in total. The molecule has 122 valence electrons. The van der Waals surface area contributed by atoms with Crippen LogP contribution in [0.4, 0.5) is 0 Å². The molecule has 0 unspecified atom stereocenters. The van der Waals surface area contributed by atoms with Crippen LogP contribution in [0.15, 0.2) is 47.4 Å². The van der Waals surface area contributed by atoms with Crippen LogP contribution in [0.3, 0.4) is 0 Å². The summed E-state index contributed by atoms with van der Waals surface area (Å²) in [5.41, 5.74) is 1.12. The number of carbonyl (C=O) groups is 1. The van der Waals surface area contributed by atoms with Gasteiger partial charge in [0.05, 0.1) is 4.90 Å². The Balaban J connectivity index is 2.05. The monoisotopic (exact) mass is 372 g/mol. The summed E-state index contributed by atoms with van der Waals surface area (Å²) < 4.78 is 25.5. The fourth-order valence-corrected chi connectivity index (χ4v) is 3.13. The highest BCUT2D eigenvalue weighted by atomic mass is 35.5. The van der Waals surface area contributed by atoms with Gasteiger partial charge in [-0.25, -0.2) is 13.1 Å². The third-order valence-electron chi connectivity index (χ3n) is 3.08. The SMILES string of the molecule is CNS(=O)(=O)c1ccc(CNC(=O)c2cc(Cl)cc(Cl)c2)cc1. The number of carbonyl (C=O) groups excluding carboxylic acids is 1. The van der Waals surface area contributed by atoms with Gasteiger partial charge < -0.3 is 5.32 Å². The number of halogens is 2. The summed E-state index contributed by atoms with van der Waals surface area (Å²) in [7, 11) is -2.12. The maximum Gasteiger partial charge on any atom is 0.251 e. The van der Waals surface area contributed by atoms with Crippen LogP contribution in [0.5, 0.6) is 0 Å². The minimum Gasteiger partial charge on any atom is -0.348 e. The second-order valence-electron chi connectivity index (χ2n) is 4.69. The molecule has 0 aliphatic carbocycles. The van der Waals surface area contributed by atoms with E-state index in [0.29, 0.717) is 15.6 Å². The summed E-state index contributed by atoms with van der Waals surface area (Å²) in [6.07, 6.45) is 0. The summed E-state index contributed by atoms with van der Waals surface area (Å²) in [6.45, 7) is 0.253. The zero-order chi connectivity index (χ0) is 17.0. The van der Waals surface area contributed by atoms with Crippen molar-refractivity contribution < 1.29 is 13.2 Å². The van der Waals surface area contributed by atoms with Crippen LogP contribution in [-0.2, 0) is 16.6 Å². The normalized spacial score (nSPS) is 11.3. The smallest absolute Gasteiger partial charge is 0.251 e. The van der Waals surface area contributed by atoms with Crippen molar-refractivity contribution in [3.8, 4) is 0 Å². The fraction of sp³-hybridized carbons (Fsp3) is 0.133. The van der Waals surface area contributed by atoms with E-state index in [-0.39, 0.29) is 17.3 Å². The third-order valence-corrected chi connectivity index (χ3v) is 4.95. The van der Waals surface area contributed by atoms with E-state index in [1.165, 1.54) is 31.3 Å². The Morgan fingerprint density at radius 2 is 1.61 bits per heavy atom. The highest BCUT2D eigenvalue weighted by molar-refractivity contribution is 7.89. The summed E-state index contributed by atoms with van der Waals surface area (Å²) >= 11 is 11.7. The van der Waals surface area contributed by atoms with E-state index in [4.69, 9.17) is 23.2 Å². The highest BCUT2D eigenvalue weighted by Gasteiger charge is 2.11. The second kappa shape index (κ2) is 7.31. The van der Waals surface area contributed by atoms with Crippen LogP contribution in [0.2, 0.25) is 10.0 Å². The molecule has 0 fully saturated rings. The standard InChI is InChI=1S/C15H14Cl2N2O3S/c1-18-23(21,22)14-4-2-10(3-5-14)9-19-15(20)11-6-12(16)8-13(17)7-11/h2-8,18H,9H2,1H3,(H,19,20). The molecular formula is C15H14Cl2N2O3S. The predicted octanol–water partition coefficient (Wildman–Crippen LogP) is 2.83. The van der Waals surface area contributed by atoms with E-state index in [1.807, 2.05) is 0 Å². The maximum absolute atomic E-state index is 12.1. The minimum absolute atomic E-state index is 0.164. The molecular weight excluding hydrogens is 359 g/mol. The molecule has 8 heteroatoms. The average molecular weight is 373 g/mol. The Hall–Kier alpha value is -1.60. The lowest BCUT2D eigenvalue weighted by Gasteiger charge is -2.07. The van der Waals surface area contributed by atoms with Crippen LogP contribution in [-0.4, -0.2) is 21.4 Å². The zero-order valence-corrected chi connectivity index (χ0v) is 14.5. The molecule has 2 aromatic rings. The molecule has 0 aliphatic rings. The first kappa shape index (κ1) is 17.7. The summed E-state index contributed by atoms with van der Waals surface area (Å²) in [5.74, 6) is -0.318. The van der Waals surface area contributed by atoms with Crippen molar-refractivity contribution in [1.82, 2.24) is 10.0 Å². The molecule has 2 rings (SSSR count). The molecule has 0 heterocycles. The van der Waals surface area contributed by atoms with Gasteiger partial charge in [-0.3, -0.25) is 4.79 Å². The lowest BCUT2D eigenvalue weighted by Crippen LogP contribution is -2.23. The van der Waals surface area contributed by atoms with Crippen LogP contribution >= 0.6 is 23.2 Å². The number of hydrogen-bond acceptors (Lipinski definition) is 3. The Morgan fingerprint density at radius 3 is 2.13 bits per heavy atom. The highest BCUT2D eigenvalue weighted by Crippen LogP contribution is 2.19. The summed E-state index contributed by atoms with van der Waals surface area (Å²) in [6, 6.07) is 10.8. The van der Waals surface area contributed by atoms with E-state index in [9.17, 15) is 13.2 Å². The summed E-state index contributed by atoms with van der Waals surface area (Å²) in [5, 5.41) is 3.48. The number of amides is 1. The lowest BCUT2D eigenvalue weighted by molar-refractivity contribution is 0.0951. The summed E-state index contributed by atoms with van der Waals surface area (Å²) in [4.78, 5) is 12.2. The Bertz CT molecular complexity index is 801. The number of hydrogen-bond donors (Lipinski definition) is 2. The molecule has 23 heavy (non-hydrogen) atoms. The Morgan fingerprint density at radius 1 is 1.04 bits per heavy atom. The molecule has 1 amide bonds. The van der Waals surface area contributed by atoms with Crippen molar-refractivity contribution in [3.05, 3.63) is 63.6 Å². The Labute approximate surface area is 144 Å². The number of benzene rings is 2. The average Bonchev–Trinajstić information content (AvgIpc) is 2.52. The molecule has 0 aromatic heterocycles. The van der Waals surface area contributed by atoms with Crippen LogP contribution in [0.1, 0.15) is 15.9 Å². The lowest BCUT2D eigenvalue weighted by atomic mass is 10.2. The van der Waals surface area contributed by atoms with E-state index < -0.39 is 10.0 Å². The van der Waals surface area contributed by atoms with Gasteiger partial charge >= 0.3 is 0 Å². The second-order valence-corrected chi connectivity index (χ2v) is 7.45. The number of sulfonamides is 1. The molecule has 0 spiro atoms. The van der Waals surface area contributed by atoms with Gasteiger partial charge in [0.1, 0.15) is 0 Å². The molecule has 0 saturated heterocycles.